The molecule has 0 unspecified atom stereocenters. The fourth-order valence-corrected chi connectivity index (χ4v) is 2.50. The third-order valence-corrected chi connectivity index (χ3v) is 3.94. The predicted octanol–water partition coefficient (Wildman–Crippen LogP) is 3.96. The van der Waals surface area contributed by atoms with E-state index in [0.29, 0.717) is 22.6 Å². The number of anilines is 3. The van der Waals surface area contributed by atoms with Crippen molar-refractivity contribution in [3.05, 3.63) is 90.3 Å². The maximum absolute atomic E-state index is 12.3. The summed E-state index contributed by atoms with van der Waals surface area (Å²) in [5.41, 5.74) is 8.92. The summed E-state index contributed by atoms with van der Waals surface area (Å²) >= 11 is 0. The van der Waals surface area contributed by atoms with E-state index in [-0.39, 0.29) is 18.2 Å². The maximum Gasteiger partial charge on any atom is 0.255 e. The minimum Gasteiger partial charge on any atom is -0.397 e. The SMILES string of the molecule is Nc1ccccc1NC(=O)c1ccc(NC(=O)C/C=C/c2cccnc2)cc1. The number of benzene rings is 2. The fourth-order valence-electron chi connectivity index (χ4n) is 2.50. The van der Waals surface area contributed by atoms with Crippen molar-refractivity contribution in [2.75, 3.05) is 16.4 Å². The van der Waals surface area contributed by atoms with E-state index in [1.54, 1.807) is 67.0 Å². The van der Waals surface area contributed by atoms with Gasteiger partial charge in [0.1, 0.15) is 0 Å². The molecule has 2 amide bonds. The van der Waals surface area contributed by atoms with Gasteiger partial charge in [0.05, 0.1) is 11.4 Å². The van der Waals surface area contributed by atoms with E-state index in [2.05, 4.69) is 15.6 Å². The number of rotatable bonds is 6. The highest BCUT2D eigenvalue weighted by Crippen LogP contribution is 2.18. The minimum atomic E-state index is -0.268. The van der Waals surface area contributed by atoms with E-state index in [0.717, 1.165) is 5.56 Å². The Bertz CT molecular complexity index is 983. The average molecular weight is 372 g/mol. The van der Waals surface area contributed by atoms with Crippen LogP contribution in [0.25, 0.3) is 6.08 Å². The lowest BCUT2D eigenvalue weighted by Crippen LogP contribution is -2.14. The smallest absolute Gasteiger partial charge is 0.255 e. The molecule has 0 saturated carbocycles. The molecule has 0 saturated heterocycles. The van der Waals surface area contributed by atoms with Gasteiger partial charge in [-0.15, -0.1) is 0 Å². The number of carbonyl (C=O) groups is 2. The molecule has 3 aromatic rings. The van der Waals surface area contributed by atoms with Crippen LogP contribution in [0.15, 0.2) is 79.1 Å². The van der Waals surface area contributed by atoms with Crippen molar-refractivity contribution in [1.29, 1.82) is 0 Å². The van der Waals surface area contributed by atoms with Gasteiger partial charge in [0.2, 0.25) is 5.91 Å². The summed E-state index contributed by atoms with van der Waals surface area (Å²) in [7, 11) is 0. The van der Waals surface area contributed by atoms with Gasteiger partial charge >= 0.3 is 0 Å². The van der Waals surface area contributed by atoms with E-state index in [9.17, 15) is 9.59 Å². The van der Waals surface area contributed by atoms with Gasteiger partial charge in [-0.25, -0.2) is 0 Å². The first kappa shape index (κ1) is 18.8. The van der Waals surface area contributed by atoms with Gasteiger partial charge in [0, 0.05) is 30.1 Å². The van der Waals surface area contributed by atoms with Crippen LogP contribution in [0.1, 0.15) is 22.3 Å². The van der Waals surface area contributed by atoms with Crippen molar-refractivity contribution < 1.29 is 9.59 Å². The Labute approximate surface area is 163 Å². The zero-order valence-electron chi connectivity index (χ0n) is 15.1. The van der Waals surface area contributed by atoms with Gasteiger partial charge in [0.25, 0.3) is 5.91 Å². The third kappa shape index (κ3) is 5.28. The number of aromatic nitrogens is 1. The summed E-state index contributed by atoms with van der Waals surface area (Å²) in [4.78, 5) is 28.3. The molecular formula is C22H20N4O2. The quantitative estimate of drug-likeness (QED) is 0.571. The molecule has 0 radical (unpaired) electrons. The maximum atomic E-state index is 12.3. The first-order valence-electron chi connectivity index (χ1n) is 8.74. The molecule has 6 heteroatoms. The predicted molar refractivity (Wildman–Crippen MR) is 112 cm³/mol. The Morgan fingerprint density at radius 2 is 1.75 bits per heavy atom. The first-order chi connectivity index (χ1) is 13.6. The molecule has 1 aromatic heterocycles. The van der Waals surface area contributed by atoms with Gasteiger partial charge in [-0.1, -0.05) is 30.4 Å². The number of hydrogen-bond acceptors (Lipinski definition) is 4. The summed E-state index contributed by atoms with van der Waals surface area (Å²) in [6.07, 6.45) is 7.28. The standard InChI is InChI=1S/C22H20N4O2/c23-19-7-1-2-8-20(19)26-22(28)17-10-12-18(13-11-17)25-21(27)9-3-5-16-6-4-14-24-15-16/h1-8,10-15H,9,23H2,(H,25,27)(H,26,28)/b5-3+. The average Bonchev–Trinajstić information content (AvgIpc) is 2.71. The molecule has 3 rings (SSSR count). The molecule has 0 bridgehead atoms. The van der Waals surface area contributed by atoms with E-state index >= 15 is 0 Å². The molecule has 4 N–H and O–H groups in total. The molecule has 0 aliphatic rings. The van der Waals surface area contributed by atoms with Gasteiger partial charge in [0.15, 0.2) is 0 Å². The van der Waals surface area contributed by atoms with Gasteiger partial charge < -0.3 is 16.4 Å². The number of nitrogen functional groups attached to an aromatic ring is 1. The zero-order chi connectivity index (χ0) is 19.8. The van der Waals surface area contributed by atoms with Crippen LogP contribution in [-0.2, 0) is 4.79 Å². The molecule has 0 spiro atoms. The van der Waals surface area contributed by atoms with Crippen molar-refractivity contribution >= 4 is 35.0 Å². The molecule has 6 nitrogen and oxygen atoms in total. The van der Waals surface area contributed by atoms with Crippen LogP contribution < -0.4 is 16.4 Å². The second-order valence-corrected chi connectivity index (χ2v) is 6.06. The van der Waals surface area contributed by atoms with Crippen LogP contribution >= 0.6 is 0 Å². The highest BCUT2D eigenvalue weighted by atomic mass is 16.2. The number of carbonyl (C=O) groups excluding carboxylic acids is 2. The molecular weight excluding hydrogens is 352 g/mol. The molecule has 2 aromatic carbocycles. The van der Waals surface area contributed by atoms with Crippen molar-refractivity contribution in [3.8, 4) is 0 Å². The highest BCUT2D eigenvalue weighted by molar-refractivity contribution is 6.06. The topological polar surface area (TPSA) is 97.1 Å². The molecule has 0 fully saturated rings. The second kappa shape index (κ2) is 9.14. The Kier molecular flexibility index (Phi) is 6.15. The van der Waals surface area contributed by atoms with E-state index in [1.165, 1.54) is 0 Å². The number of pyridine rings is 1. The third-order valence-electron chi connectivity index (χ3n) is 3.94. The van der Waals surface area contributed by atoms with E-state index in [1.807, 2.05) is 18.2 Å². The molecule has 28 heavy (non-hydrogen) atoms. The Morgan fingerprint density at radius 3 is 2.46 bits per heavy atom. The van der Waals surface area contributed by atoms with E-state index in [4.69, 9.17) is 5.73 Å². The Morgan fingerprint density at radius 1 is 0.964 bits per heavy atom. The summed E-state index contributed by atoms with van der Waals surface area (Å²) in [6, 6.07) is 17.5. The molecule has 0 atom stereocenters. The number of para-hydroxylation sites is 2. The van der Waals surface area contributed by atoms with Crippen LogP contribution in [-0.4, -0.2) is 16.8 Å². The number of nitrogens with one attached hydrogen (secondary N) is 2. The molecule has 0 aliphatic carbocycles. The van der Waals surface area contributed by atoms with Gasteiger partial charge in [-0.05, 0) is 48.0 Å². The Balaban J connectivity index is 1.53. The van der Waals surface area contributed by atoms with Crippen LogP contribution in [0.4, 0.5) is 17.1 Å². The van der Waals surface area contributed by atoms with Crippen molar-refractivity contribution in [2.45, 2.75) is 6.42 Å². The van der Waals surface area contributed by atoms with Crippen LogP contribution in [0, 0.1) is 0 Å². The van der Waals surface area contributed by atoms with Crippen LogP contribution in [0.2, 0.25) is 0 Å². The largest absolute Gasteiger partial charge is 0.397 e. The zero-order valence-corrected chi connectivity index (χ0v) is 15.1. The number of nitrogens with zero attached hydrogens (tertiary/aromatic N) is 1. The van der Waals surface area contributed by atoms with Gasteiger partial charge in [-0.3, -0.25) is 14.6 Å². The Hall–Kier alpha value is -3.93. The molecule has 1 heterocycles. The minimum absolute atomic E-state index is 0.144. The lowest BCUT2D eigenvalue weighted by Gasteiger charge is -2.09. The summed E-state index contributed by atoms with van der Waals surface area (Å²) < 4.78 is 0. The second-order valence-electron chi connectivity index (χ2n) is 6.06. The lowest BCUT2D eigenvalue weighted by atomic mass is 10.1. The van der Waals surface area contributed by atoms with Crippen molar-refractivity contribution in [2.24, 2.45) is 0 Å². The fraction of sp³-hybridized carbons (Fsp3) is 0.0455. The van der Waals surface area contributed by atoms with E-state index < -0.39 is 0 Å². The molecule has 140 valence electrons. The number of nitrogens with two attached hydrogens (primary N) is 1. The monoisotopic (exact) mass is 372 g/mol. The summed E-state index contributed by atoms with van der Waals surface area (Å²) in [6.45, 7) is 0. The van der Waals surface area contributed by atoms with Crippen LogP contribution in [0.5, 0.6) is 0 Å². The van der Waals surface area contributed by atoms with Gasteiger partial charge in [-0.2, -0.15) is 0 Å². The first-order valence-corrected chi connectivity index (χ1v) is 8.74. The normalized spacial score (nSPS) is 10.6. The van der Waals surface area contributed by atoms with Crippen LogP contribution in [0.3, 0.4) is 0 Å². The summed E-state index contributed by atoms with van der Waals surface area (Å²) in [5.74, 6) is -0.412. The number of amides is 2. The van der Waals surface area contributed by atoms with Crippen molar-refractivity contribution in [1.82, 2.24) is 4.98 Å². The summed E-state index contributed by atoms with van der Waals surface area (Å²) in [5, 5.41) is 5.56. The molecule has 0 aliphatic heterocycles. The number of hydrogen-bond donors (Lipinski definition) is 3. The highest BCUT2D eigenvalue weighted by Gasteiger charge is 2.08. The lowest BCUT2D eigenvalue weighted by molar-refractivity contribution is -0.115. The van der Waals surface area contributed by atoms with Crippen molar-refractivity contribution in [3.63, 3.8) is 0 Å².